The summed E-state index contributed by atoms with van der Waals surface area (Å²) in [4.78, 5) is 22.8. The number of halogens is 3. The van der Waals surface area contributed by atoms with E-state index in [4.69, 9.17) is 5.11 Å². The quantitative estimate of drug-likeness (QED) is 0.831. The number of rotatable bonds is 5. The molecule has 0 aromatic carbocycles. The number of carbonyl (C=O) groups is 1. The molecule has 2 rings (SSSR count). The summed E-state index contributed by atoms with van der Waals surface area (Å²) in [6, 6.07) is 0.558. The Hall–Kier alpha value is -2.10. The van der Waals surface area contributed by atoms with Crippen LogP contribution in [-0.2, 0) is 0 Å². The second-order valence-electron chi connectivity index (χ2n) is 5.54. The Balaban J connectivity index is 1.94. The molecule has 10 heteroatoms. The van der Waals surface area contributed by atoms with Crippen LogP contribution in [0.15, 0.2) is 18.5 Å². The number of aliphatic hydroxyl groups excluding tert-OH is 1. The summed E-state index contributed by atoms with van der Waals surface area (Å²) in [5, 5.41) is 11.5. The van der Waals surface area contributed by atoms with Crippen molar-refractivity contribution in [2.45, 2.75) is 25.1 Å². The van der Waals surface area contributed by atoms with E-state index in [9.17, 15) is 18.0 Å². The highest BCUT2D eigenvalue weighted by molar-refractivity contribution is 5.74. The molecule has 0 aliphatic carbocycles. The predicted octanol–water partition coefficient (Wildman–Crippen LogP) is 1.01. The van der Waals surface area contributed by atoms with Crippen LogP contribution in [0, 0.1) is 0 Å². The van der Waals surface area contributed by atoms with Crippen molar-refractivity contribution >= 4 is 12.0 Å². The number of alkyl halides is 3. The van der Waals surface area contributed by atoms with Crippen molar-refractivity contribution in [1.29, 1.82) is 0 Å². The number of hydrogen-bond donors (Lipinski definition) is 2. The highest BCUT2D eigenvalue weighted by Gasteiger charge is 2.34. The van der Waals surface area contributed by atoms with Gasteiger partial charge in [0, 0.05) is 38.1 Å². The molecule has 1 atom stereocenters. The van der Waals surface area contributed by atoms with Crippen molar-refractivity contribution in [2.75, 3.05) is 37.7 Å². The maximum Gasteiger partial charge on any atom is 0.406 e. The fraction of sp³-hybridized carbons (Fsp3) is 0.643. The van der Waals surface area contributed by atoms with Gasteiger partial charge in [-0.25, -0.2) is 14.8 Å². The minimum absolute atomic E-state index is 0.301. The van der Waals surface area contributed by atoms with E-state index in [1.165, 1.54) is 0 Å². The molecule has 1 unspecified atom stereocenters. The molecule has 2 N–H and O–H groups in total. The standard InChI is InChI=1S/C14H20F3N5O2/c15-14(16,17)10-22(7-8-23)13(24)20-11-3-1-6-21(9-11)12-18-4-2-5-19-12/h2,4-5,11,23H,1,3,6-10H2,(H,20,24). The van der Waals surface area contributed by atoms with Gasteiger partial charge in [-0.2, -0.15) is 13.2 Å². The van der Waals surface area contributed by atoms with Gasteiger partial charge in [-0.3, -0.25) is 0 Å². The second kappa shape index (κ2) is 8.13. The number of aliphatic hydroxyl groups is 1. The smallest absolute Gasteiger partial charge is 0.395 e. The SMILES string of the molecule is O=C(NC1CCCN(c2ncccn2)C1)N(CCO)CC(F)(F)F. The number of hydrogen-bond acceptors (Lipinski definition) is 5. The molecule has 0 radical (unpaired) electrons. The first-order valence-corrected chi connectivity index (χ1v) is 7.64. The van der Waals surface area contributed by atoms with E-state index in [1.807, 2.05) is 4.90 Å². The summed E-state index contributed by atoms with van der Waals surface area (Å²) < 4.78 is 37.6. The molecule has 2 amide bonds. The van der Waals surface area contributed by atoms with E-state index in [0.29, 0.717) is 23.8 Å². The predicted molar refractivity (Wildman–Crippen MR) is 80.5 cm³/mol. The molecule has 134 valence electrons. The van der Waals surface area contributed by atoms with Crippen LogP contribution in [0.25, 0.3) is 0 Å². The van der Waals surface area contributed by atoms with Crippen LogP contribution in [-0.4, -0.2) is 71.0 Å². The van der Waals surface area contributed by atoms with Gasteiger partial charge in [-0.15, -0.1) is 0 Å². The van der Waals surface area contributed by atoms with Gasteiger partial charge in [-0.05, 0) is 18.9 Å². The fourth-order valence-corrected chi connectivity index (χ4v) is 2.59. The van der Waals surface area contributed by atoms with Crippen LogP contribution in [0.2, 0.25) is 0 Å². The van der Waals surface area contributed by atoms with Crippen molar-refractivity contribution in [2.24, 2.45) is 0 Å². The van der Waals surface area contributed by atoms with Crippen LogP contribution in [0.3, 0.4) is 0 Å². The molecule has 2 heterocycles. The minimum Gasteiger partial charge on any atom is -0.395 e. The van der Waals surface area contributed by atoms with Gasteiger partial charge in [-0.1, -0.05) is 0 Å². The average molecular weight is 347 g/mol. The maximum absolute atomic E-state index is 12.5. The number of piperidine rings is 1. The molecular weight excluding hydrogens is 327 g/mol. The Morgan fingerprint density at radius 2 is 2.12 bits per heavy atom. The van der Waals surface area contributed by atoms with Crippen molar-refractivity contribution in [3.8, 4) is 0 Å². The van der Waals surface area contributed by atoms with Gasteiger partial charge in [0.05, 0.1) is 6.61 Å². The van der Waals surface area contributed by atoms with Crippen molar-refractivity contribution in [3.05, 3.63) is 18.5 Å². The first kappa shape index (κ1) is 18.2. The Morgan fingerprint density at radius 3 is 2.75 bits per heavy atom. The molecule has 1 aliphatic rings. The highest BCUT2D eigenvalue weighted by Crippen LogP contribution is 2.18. The van der Waals surface area contributed by atoms with Gasteiger partial charge >= 0.3 is 12.2 Å². The zero-order valence-corrected chi connectivity index (χ0v) is 13.0. The number of nitrogens with one attached hydrogen (secondary N) is 1. The molecule has 1 aliphatic heterocycles. The molecule has 0 saturated carbocycles. The lowest BCUT2D eigenvalue weighted by Gasteiger charge is -2.34. The van der Waals surface area contributed by atoms with E-state index in [2.05, 4.69) is 15.3 Å². The largest absolute Gasteiger partial charge is 0.406 e. The van der Waals surface area contributed by atoms with Crippen LogP contribution in [0.5, 0.6) is 0 Å². The molecule has 7 nitrogen and oxygen atoms in total. The Labute approximate surface area is 137 Å². The summed E-state index contributed by atoms with van der Waals surface area (Å²) in [6.07, 6.45) is 0.132. The van der Waals surface area contributed by atoms with Gasteiger partial charge in [0.2, 0.25) is 5.95 Å². The third-order valence-corrected chi connectivity index (χ3v) is 3.61. The van der Waals surface area contributed by atoms with Crippen LogP contribution >= 0.6 is 0 Å². The van der Waals surface area contributed by atoms with Crippen molar-refractivity contribution in [3.63, 3.8) is 0 Å². The van der Waals surface area contributed by atoms with E-state index >= 15 is 0 Å². The zero-order valence-electron chi connectivity index (χ0n) is 13.0. The summed E-state index contributed by atoms with van der Waals surface area (Å²) in [5.74, 6) is 0.527. The second-order valence-corrected chi connectivity index (χ2v) is 5.54. The first-order valence-electron chi connectivity index (χ1n) is 7.64. The number of urea groups is 1. The number of aromatic nitrogens is 2. The molecule has 24 heavy (non-hydrogen) atoms. The van der Waals surface area contributed by atoms with E-state index in [-0.39, 0.29) is 12.6 Å². The number of anilines is 1. The van der Waals surface area contributed by atoms with E-state index in [0.717, 1.165) is 13.0 Å². The maximum atomic E-state index is 12.5. The lowest BCUT2D eigenvalue weighted by atomic mass is 10.1. The Morgan fingerprint density at radius 1 is 1.42 bits per heavy atom. The summed E-state index contributed by atoms with van der Waals surface area (Å²) in [7, 11) is 0. The van der Waals surface area contributed by atoms with Gasteiger partial charge in [0.25, 0.3) is 0 Å². The van der Waals surface area contributed by atoms with Gasteiger partial charge in [0.15, 0.2) is 0 Å². The van der Waals surface area contributed by atoms with E-state index in [1.54, 1.807) is 18.5 Å². The Kier molecular flexibility index (Phi) is 6.18. The monoisotopic (exact) mass is 347 g/mol. The fourth-order valence-electron chi connectivity index (χ4n) is 2.59. The van der Waals surface area contributed by atoms with Crippen molar-refractivity contribution < 1.29 is 23.1 Å². The number of nitrogens with zero attached hydrogens (tertiary/aromatic N) is 4. The molecule has 1 aromatic rings. The number of amides is 2. The molecule has 0 bridgehead atoms. The topological polar surface area (TPSA) is 81.6 Å². The summed E-state index contributed by atoms with van der Waals surface area (Å²) in [6.45, 7) is -1.15. The van der Waals surface area contributed by atoms with E-state index < -0.39 is 25.4 Å². The van der Waals surface area contributed by atoms with Crippen LogP contribution in [0.1, 0.15) is 12.8 Å². The lowest BCUT2D eigenvalue weighted by Crippen LogP contribution is -2.53. The molecule has 1 saturated heterocycles. The molecule has 0 spiro atoms. The first-order chi connectivity index (χ1) is 11.4. The number of carbonyl (C=O) groups excluding carboxylic acids is 1. The normalized spacial score (nSPS) is 18.3. The molecular formula is C14H20F3N5O2. The van der Waals surface area contributed by atoms with Gasteiger partial charge in [0.1, 0.15) is 6.54 Å². The highest BCUT2D eigenvalue weighted by atomic mass is 19.4. The third-order valence-electron chi connectivity index (χ3n) is 3.61. The van der Waals surface area contributed by atoms with Crippen LogP contribution < -0.4 is 10.2 Å². The molecule has 1 aromatic heterocycles. The third kappa shape index (κ3) is 5.52. The summed E-state index contributed by atoms with van der Waals surface area (Å²) in [5.41, 5.74) is 0. The zero-order chi connectivity index (χ0) is 17.6. The van der Waals surface area contributed by atoms with Gasteiger partial charge < -0.3 is 20.2 Å². The summed E-state index contributed by atoms with van der Waals surface area (Å²) >= 11 is 0. The Bertz CT molecular complexity index is 529. The average Bonchev–Trinajstić information content (AvgIpc) is 2.54. The molecule has 1 fully saturated rings. The lowest BCUT2D eigenvalue weighted by molar-refractivity contribution is -0.140. The van der Waals surface area contributed by atoms with Crippen LogP contribution in [0.4, 0.5) is 23.9 Å². The minimum atomic E-state index is -4.51. The van der Waals surface area contributed by atoms with Crippen molar-refractivity contribution in [1.82, 2.24) is 20.2 Å².